The Kier molecular flexibility index (Phi) is 7.83. The molecule has 1 aliphatic heterocycles. The van der Waals surface area contributed by atoms with Crippen molar-refractivity contribution in [2.24, 2.45) is 11.7 Å². The molecule has 4 aromatic carbocycles. The quantitative estimate of drug-likeness (QED) is 0.289. The summed E-state index contributed by atoms with van der Waals surface area (Å²) in [6.45, 7) is 2.84. The van der Waals surface area contributed by atoms with Crippen molar-refractivity contribution in [2.45, 2.75) is 25.6 Å². The molecule has 5 rings (SSSR count). The second-order valence-electron chi connectivity index (χ2n) is 10.3. The van der Waals surface area contributed by atoms with Gasteiger partial charge >= 0.3 is 0 Å². The highest BCUT2D eigenvalue weighted by atomic mass is 79.9. The minimum absolute atomic E-state index is 0.185. The van der Waals surface area contributed by atoms with Crippen LogP contribution in [0, 0.1) is 5.92 Å². The molecular formula is C32H33BrN4O3. The van der Waals surface area contributed by atoms with Gasteiger partial charge in [0.15, 0.2) is 0 Å². The van der Waals surface area contributed by atoms with Gasteiger partial charge in [-0.25, -0.2) is 0 Å². The zero-order chi connectivity index (χ0) is 28.4. The summed E-state index contributed by atoms with van der Waals surface area (Å²) in [4.78, 5) is 31.4. The van der Waals surface area contributed by atoms with E-state index in [1.54, 1.807) is 26.0 Å². The molecule has 40 heavy (non-hydrogen) atoms. The van der Waals surface area contributed by atoms with Gasteiger partial charge in [-0.05, 0) is 60.6 Å². The highest BCUT2D eigenvalue weighted by Gasteiger charge is 2.47. The molecule has 0 radical (unpaired) electrons. The summed E-state index contributed by atoms with van der Waals surface area (Å²) >= 11 is 3.57. The van der Waals surface area contributed by atoms with E-state index < -0.39 is 17.4 Å². The Morgan fingerprint density at radius 2 is 1.73 bits per heavy atom. The predicted molar refractivity (Wildman–Crippen MR) is 163 cm³/mol. The first-order chi connectivity index (χ1) is 19.3. The number of halogens is 1. The summed E-state index contributed by atoms with van der Waals surface area (Å²) in [6.07, 6.45) is 0. The second-order valence-corrected chi connectivity index (χ2v) is 11.2. The lowest BCUT2D eigenvalue weighted by atomic mass is 9.83. The van der Waals surface area contributed by atoms with Crippen LogP contribution in [0.1, 0.15) is 18.1 Å². The van der Waals surface area contributed by atoms with Crippen LogP contribution < -0.4 is 25.6 Å². The number of benzene rings is 4. The summed E-state index contributed by atoms with van der Waals surface area (Å²) in [6, 6.07) is 28.0. The number of nitrogens with two attached hydrogens (primary N) is 1. The topological polar surface area (TPSA) is 87.9 Å². The van der Waals surface area contributed by atoms with E-state index in [1.807, 2.05) is 72.8 Å². The molecular weight excluding hydrogens is 568 g/mol. The van der Waals surface area contributed by atoms with Crippen LogP contribution in [0.15, 0.2) is 89.4 Å². The Bertz CT molecular complexity index is 1560. The maximum Gasteiger partial charge on any atom is 0.238 e. The lowest BCUT2D eigenvalue weighted by Crippen LogP contribution is -2.62. The number of carbonyl (C=O) groups is 2. The van der Waals surface area contributed by atoms with Crippen molar-refractivity contribution in [2.75, 3.05) is 30.5 Å². The standard InChI is InChI=1S/C32H33BrN4O3/c1-32(35-2,31(34)39)26-20-36(18-21-9-5-4-6-10-21)27-11-7-8-12-28(27)37(30(26)38)19-25-24-15-14-23(33)17-22(24)13-16-29(25)40-3/h4-17,26,35H,18-20H2,1-3H3,(H2,34,39)/t26-,32?/m1/s1. The monoisotopic (exact) mass is 600 g/mol. The van der Waals surface area contributed by atoms with Gasteiger partial charge in [0.25, 0.3) is 0 Å². The van der Waals surface area contributed by atoms with Gasteiger partial charge in [0.1, 0.15) is 11.3 Å². The number of para-hydroxylation sites is 2. The molecule has 3 N–H and O–H groups in total. The Labute approximate surface area is 243 Å². The Morgan fingerprint density at radius 3 is 2.40 bits per heavy atom. The number of methoxy groups -OCH3 is 1. The third kappa shape index (κ3) is 5.05. The lowest BCUT2D eigenvalue weighted by molar-refractivity contribution is -0.133. The average molecular weight is 602 g/mol. The molecule has 0 bridgehead atoms. The van der Waals surface area contributed by atoms with E-state index in [0.29, 0.717) is 18.8 Å². The summed E-state index contributed by atoms with van der Waals surface area (Å²) in [5.74, 6) is -0.837. The second kappa shape index (κ2) is 11.3. The van der Waals surface area contributed by atoms with Crippen LogP contribution in [-0.2, 0) is 22.7 Å². The SMILES string of the molecule is CNC(C)(C(N)=O)[C@@H]1CN(Cc2ccccc2)c2ccccc2N(Cc2c(OC)ccc3cc(Br)ccc23)C1=O. The normalized spacial score (nSPS) is 16.8. The van der Waals surface area contributed by atoms with Crippen LogP contribution in [0.3, 0.4) is 0 Å². The number of anilines is 2. The van der Waals surface area contributed by atoms with Crippen LogP contribution in [0.4, 0.5) is 11.4 Å². The number of hydrogen-bond acceptors (Lipinski definition) is 5. The molecule has 0 spiro atoms. The fraction of sp³-hybridized carbons (Fsp3) is 0.250. The smallest absolute Gasteiger partial charge is 0.238 e. The number of amides is 2. The van der Waals surface area contributed by atoms with Gasteiger partial charge in [-0.1, -0.05) is 70.5 Å². The number of nitrogens with one attached hydrogen (secondary N) is 1. The first-order valence-electron chi connectivity index (χ1n) is 13.2. The first-order valence-corrected chi connectivity index (χ1v) is 14.0. The molecule has 1 unspecified atom stereocenters. The van der Waals surface area contributed by atoms with E-state index in [4.69, 9.17) is 10.5 Å². The van der Waals surface area contributed by atoms with Crippen LogP contribution in [-0.4, -0.2) is 38.1 Å². The fourth-order valence-electron chi connectivity index (χ4n) is 5.54. The van der Waals surface area contributed by atoms with Gasteiger partial charge in [0.2, 0.25) is 11.8 Å². The van der Waals surface area contributed by atoms with Crippen molar-refractivity contribution >= 4 is 49.9 Å². The van der Waals surface area contributed by atoms with Crippen molar-refractivity contribution in [3.63, 3.8) is 0 Å². The minimum Gasteiger partial charge on any atom is -0.496 e. The van der Waals surface area contributed by atoms with Crippen molar-refractivity contribution in [1.82, 2.24) is 5.32 Å². The van der Waals surface area contributed by atoms with Crippen LogP contribution >= 0.6 is 15.9 Å². The molecule has 7 nitrogen and oxygen atoms in total. The molecule has 1 heterocycles. The number of nitrogens with zero attached hydrogens (tertiary/aromatic N) is 2. The molecule has 0 aliphatic carbocycles. The Hall–Kier alpha value is -3.88. The average Bonchev–Trinajstić information content (AvgIpc) is 3.08. The van der Waals surface area contributed by atoms with Gasteiger partial charge in [-0.3, -0.25) is 9.59 Å². The number of hydrogen-bond donors (Lipinski definition) is 2. The molecule has 0 saturated carbocycles. The molecule has 2 amide bonds. The van der Waals surface area contributed by atoms with E-state index in [9.17, 15) is 9.59 Å². The van der Waals surface area contributed by atoms with E-state index in [2.05, 4.69) is 38.3 Å². The maximum atomic E-state index is 14.6. The molecule has 0 saturated heterocycles. The van der Waals surface area contributed by atoms with Gasteiger partial charge in [-0.2, -0.15) is 0 Å². The Balaban J connectivity index is 1.69. The Morgan fingerprint density at radius 1 is 1.02 bits per heavy atom. The number of likely N-dealkylation sites (N-methyl/N-ethyl adjacent to an activating group) is 1. The fourth-order valence-corrected chi connectivity index (χ4v) is 5.92. The zero-order valence-electron chi connectivity index (χ0n) is 22.9. The van der Waals surface area contributed by atoms with Crippen molar-refractivity contribution < 1.29 is 14.3 Å². The summed E-state index contributed by atoms with van der Waals surface area (Å²) in [5, 5.41) is 5.10. The molecule has 1 aliphatic rings. The number of rotatable bonds is 8. The largest absolute Gasteiger partial charge is 0.496 e. The van der Waals surface area contributed by atoms with Crippen molar-refractivity contribution in [3.05, 3.63) is 101 Å². The first kappa shape index (κ1) is 27.7. The third-order valence-corrected chi connectivity index (χ3v) is 8.50. The van der Waals surface area contributed by atoms with Crippen LogP contribution in [0.25, 0.3) is 10.8 Å². The van der Waals surface area contributed by atoms with Crippen LogP contribution in [0.2, 0.25) is 0 Å². The van der Waals surface area contributed by atoms with Crippen LogP contribution in [0.5, 0.6) is 5.75 Å². The number of ether oxygens (including phenoxy) is 1. The number of carbonyl (C=O) groups excluding carboxylic acids is 2. The van der Waals surface area contributed by atoms with Gasteiger partial charge < -0.3 is 25.6 Å². The third-order valence-electron chi connectivity index (χ3n) is 8.01. The van der Waals surface area contributed by atoms with E-state index in [0.717, 1.165) is 37.7 Å². The molecule has 4 aromatic rings. The molecule has 2 atom stereocenters. The van der Waals surface area contributed by atoms with E-state index in [1.165, 1.54) is 0 Å². The number of primary amides is 1. The highest BCUT2D eigenvalue weighted by Crippen LogP contribution is 2.40. The van der Waals surface area contributed by atoms with Crippen molar-refractivity contribution in [1.29, 1.82) is 0 Å². The summed E-state index contributed by atoms with van der Waals surface area (Å²) in [5.41, 5.74) is 8.33. The molecule has 0 fully saturated rings. The van der Waals surface area contributed by atoms with Gasteiger partial charge in [0, 0.05) is 23.1 Å². The van der Waals surface area contributed by atoms with Gasteiger partial charge in [0.05, 0.1) is 30.9 Å². The predicted octanol–water partition coefficient (Wildman–Crippen LogP) is 5.24. The van der Waals surface area contributed by atoms with E-state index >= 15 is 0 Å². The van der Waals surface area contributed by atoms with Crippen molar-refractivity contribution in [3.8, 4) is 5.75 Å². The highest BCUT2D eigenvalue weighted by molar-refractivity contribution is 9.10. The summed E-state index contributed by atoms with van der Waals surface area (Å²) in [7, 11) is 3.31. The van der Waals surface area contributed by atoms with Gasteiger partial charge in [-0.15, -0.1) is 0 Å². The molecule has 8 heteroatoms. The zero-order valence-corrected chi connectivity index (χ0v) is 24.4. The lowest BCUT2D eigenvalue weighted by Gasteiger charge is -2.37. The van der Waals surface area contributed by atoms with E-state index in [-0.39, 0.29) is 12.5 Å². The number of fused-ring (bicyclic) bond motifs is 2. The minimum atomic E-state index is -1.28. The molecule has 0 aromatic heterocycles. The molecule has 206 valence electrons. The maximum absolute atomic E-state index is 14.6. The summed E-state index contributed by atoms with van der Waals surface area (Å²) < 4.78 is 6.75.